The maximum atomic E-state index is 5.79. The Morgan fingerprint density at radius 3 is 2.63 bits per heavy atom. The van der Waals surface area contributed by atoms with Gasteiger partial charge in [-0.3, -0.25) is 0 Å². The van der Waals surface area contributed by atoms with E-state index in [0.717, 1.165) is 24.8 Å². The molecule has 0 spiro atoms. The van der Waals surface area contributed by atoms with Crippen LogP contribution in [0.15, 0.2) is 0 Å². The maximum Gasteiger partial charge on any atom is 0.322 e. The summed E-state index contributed by atoms with van der Waals surface area (Å²) >= 11 is 5.79. The van der Waals surface area contributed by atoms with Crippen LogP contribution in [0.3, 0.4) is 0 Å². The van der Waals surface area contributed by atoms with E-state index in [1.54, 1.807) is 0 Å². The van der Waals surface area contributed by atoms with E-state index in [9.17, 15) is 0 Å². The number of rotatable bonds is 5. The third-order valence-electron chi connectivity index (χ3n) is 3.74. The van der Waals surface area contributed by atoms with Crippen molar-refractivity contribution in [2.75, 3.05) is 19.0 Å². The highest BCUT2D eigenvalue weighted by Crippen LogP contribution is 2.30. The molecule has 1 aliphatic rings. The molecule has 0 radical (unpaired) electrons. The monoisotopic (exact) mass is 284 g/mol. The Hall–Kier alpha value is -1.10. The lowest BCUT2D eigenvalue weighted by molar-refractivity contribution is 0.281. The Morgan fingerprint density at radius 1 is 1.21 bits per heavy atom. The molecule has 1 fully saturated rings. The molecular weight excluding hydrogens is 264 g/mol. The van der Waals surface area contributed by atoms with E-state index in [1.807, 2.05) is 0 Å². The number of ether oxygens (including phenoxy) is 1. The van der Waals surface area contributed by atoms with Crippen molar-refractivity contribution in [1.29, 1.82) is 0 Å². The van der Waals surface area contributed by atoms with Crippen molar-refractivity contribution in [2.45, 2.75) is 39.0 Å². The first-order valence-corrected chi connectivity index (χ1v) is 7.24. The number of hydrogen-bond acceptors (Lipinski definition) is 5. The van der Waals surface area contributed by atoms with E-state index in [-0.39, 0.29) is 11.3 Å². The number of hydrogen-bond donors (Lipinski definition) is 1. The van der Waals surface area contributed by atoms with Gasteiger partial charge in [-0.2, -0.15) is 15.0 Å². The number of halogens is 1. The minimum absolute atomic E-state index is 0.154. The van der Waals surface area contributed by atoms with E-state index in [0.29, 0.717) is 5.95 Å². The van der Waals surface area contributed by atoms with Crippen LogP contribution in [0.4, 0.5) is 5.95 Å². The predicted molar refractivity (Wildman–Crippen MR) is 75.6 cm³/mol. The van der Waals surface area contributed by atoms with Crippen LogP contribution >= 0.6 is 11.6 Å². The van der Waals surface area contributed by atoms with Crippen LogP contribution in [0, 0.1) is 11.8 Å². The topological polar surface area (TPSA) is 59.9 Å². The zero-order chi connectivity index (χ0) is 13.7. The number of aromatic nitrogens is 3. The fraction of sp³-hybridized carbons (Fsp3) is 0.769. The molecule has 106 valence electrons. The summed E-state index contributed by atoms with van der Waals surface area (Å²) < 4.78 is 4.96. The molecule has 0 aliphatic heterocycles. The highest BCUT2D eigenvalue weighted by molar-refractivity contribution is 6.28. The van der Waals surface area contributed by atoms with Crippen molar-refractivity contribution in [2.24, 2.45) is 11.8 Å². The zero-order valence-electron chi connectivity index (χ0n) is 11.5. The van der Waals surface area contributed by atoms with Crippen LogP contribution in [-0.4, -0.2) is 28.6 Å². The van der Waals surface area contributed by atoms with Crippen LogP contribution in [0.1, 0.15) is 39.0 Å². The summed E-state index contributed by atoms with van der Waals surface area (Å²) in [4.78, 5) is 12.0. The average molecular weight is 285 g/mol. The quantitative estimate of drug-likeness (QED) is 0.900. The van der Waals surface area contributed by atoms with Crippen molar-refractivity contribution in [1.82, 2.24) is 15.0 Å². The Labute approximate surface area is 119 Å². The fourth-order valence-electron chi connectivity index (χ4n) is 2.51. The van der Waals surface area contributed by atoms with Gasteiger partial charge in [0.2, 0.25) is 11.2 Å². The first-order valence-electron chi connectivity index (χ1n) is 6.87. The van der Waals surface area contributed by atoms with Gasteiger partial charge in [0.1, 0.15) is 0 Å². The zero-order valence-corrected chi connectivity index (χ0v) is 12.3. The normalized spacial score (nSPS) is 23.1. The van der Waals surface area contributed by atoms with Gasteiger partial charge >= 0.3 is 6.01 Å². The summed E-state index contributed by atoms with van der Waals surface area (Å²) in [6.45, 7) is 3.20. The summed E-state index contributed by atoms with van der Waals surface area (Å²) in [5.74, 6) is 2.21. The van der Waals surface area contributed by atoms with Crippen molar-refractivity contribution in [3.05, 3.63) is 5.28 Å². The second-order valence-electron chi connectivity index (χ2n) is 5.26. The Morgan fingerprint density at radius 2 is 1.95 bits per heavy atom. The summed E-state index contributed by atoms with van der Waals surface area (Å²) in [7, 11) is 1.51. The largest absolute Gasteiger partial charge is 0.467 e. The summed E-state index contributed by atoms with van der Waals surface area (Å²) in [5, 5.41) is 3.35. The first-order chi connectivity index (χ1) is 9.17. The maximum absolute atomic E-state index is 5.79. The molecule has 5 nitrogen and oxygen atoms in total. The van der Waals surface area contributed by atoms with E-state index in [1.165, 1.54) is 32.8 Å². The van der Waals surface area contributed by atoms with Crippen LogP contribution in [0.2, 0.25) is 5.28 Å². The van der Waals surface area contributed by atoms with Gasteiger partial charge in [-0.1, -0.05) is 32.6 Å². The molecule has 6 heteroatoms. The molecule has 1 aliphatic carbocycles. The van der Waals surface area contributed by atoms with Crippen molar-refractivity contribution >= 4 is 17.5 Å². The van der Waals surface area contributed by atoms with E-state index in [2.05, 4.69) is 27.2 Å². The summed E-state index contributed by atoms with van der Waals surface area (Å²) in [6.07, 6.45) is 6.54. The molecule has 1 aromatic rings. The van der Waals surface area contributed by atoms with Crippen molar-refractivity contribution < 1.29 is 4.74 Å². The number of nitrogens with one attached hydrogen (secondary N) is 1. The average Bonchev–Trinajstić information content (AvgIpc) is 2.40. The summed E-state index contributed by atoms with van der Waals surface area (Å²) in [5.41, 5.74) is 0. The van der Waals surface area contributed by atoms with Crippen molar-refractivity contribution in [3.63, 3.8) is 0 Å². The second-order valence-corrected chi connectivity index (χ2v) is 5.59. The number of anilines is 1. The molecule has 1 saturated carbocycles. The van der Waals surface area contributed by atoms with Crippen molar-refractivity contribution in [3.8, 4) is 6.01 Å². The first kappa shape index (κ1) is 14.3. The molecule has 1 N–H and O–H groups in total. The summed E-state index contributed by atoms with van der Waals surface area (Å²) in [6, 6.07) is 0.244. The molecule has 1 heterocycles. The molecule has 0 bridgehead atoms. The van der Waals surface area contributed by atoms with Gasteiger partial charge in [-0.25, -0.2) is 0 Å². The van der Waals surface area contributed by atoms with Gasteiger partial charge in [0.05, 0.1) is 7.11 Å². The van der Waals surface area contributed by atoms with Gasteiger partial charge in [0.15, 0.2) is 0 Å². The third kappa shape index (κ3) is 4.49. The Kier molecular flexibility index (Phi) is 5.19. The highest BCUT2D eigenvalue weighted by Gasteiger charge is 2.17. The van der Waals surface area contributed by atoms with Crippen LogP contribution in [0.25, 0.3) is 0 Å². The van der Waals surface area contributed by atoms with Gasteiger partial charge in [0, 0.05) is 6.54 Å². The lowest BCUT2D eigenvalue weighted by atomic mass is 9.81. The van der Waals surface area contributed by atoms with E-state index >= 15 is 0 Å². The van der Waals surface area contributed by atoms with Gasteiger partial charge in [-0.05, 0) is 29.9 Å². The fourth-order valence-corrected chi connectivity index (χ4v) is 2.66. The Bertz CT molecular complexity index is 408. The van der Waals surface area contributed by atoms with Crippen LogP contribution in [-0.2, 0) is 0 Å². The molecule has 19 heavy (non-hydrogen) atoms. The van der Waals surface area contributed by atoms with E-state index in [4.69, 9.17) is 16.3 Å². The molecule has 0 atom stereocenters. The molecular formula is C13H21ClN4O. The smallest absolute Gasteiger partial charge is 0.322 e. The standard InChI is InChI=1S/C13H21ClN4O/c1-9-3-5-10(6-4-9)7-8-15-12-16-11(14)17-13(18-12)19-2/h9-10H,3-8H2,1-2H3,(H,15,16,17,18). The van der Waals surface area contributed by atoms with E-state index < -0.39 is 0 Å². The number of nitrogens with zero attached hydrogens (tertiary/aromatic N) is 3. The molecule has 0 aromatic carbocycles. The van der Waals surface area contributed by atoms with Crippen LogP contribution < -0.4 is 10.1 Å². The molecule has 0 saturated heterocycles. The highest BCUT2D eigenvalue weighted by atomic mass is 35.5. The SMILES string of the molecule is COc1nc(Cl)nc(NCCC2CCC(C)CC2)n1. The van der Waals surface area contributed by atoms with Gasteiger partial charge in [-0.15, -0.1) is 0 Å². The second kappa shape index (κ2) is 6.89. The lowest BCUT2D eigenvalue weighted by Crippen LogP contribution is -2.16. The predicted octanol–water partition coefficient (Wildman–Crippen LogP) is 3.16. The Balaban J connectivity index is 1.77. The van der Waals surface area contributed by atoms with Gasteiger partial charge < -0.3 is 10.1 Å². The molecule has 1 aromatic heterocycles. The van der Waals surface area contributed by atoms with Crippen LogP contribution in [0.5, 0.6) is 6.01 Å². The third-order valence-corrected chi connectivity index (χ3v) is 3.91. The number of methoxy groups -OCH3 is 1. The minimum atomic E-state index is 0.154. The molecule has 0 amide bonds. The molecule has 0 unspecified atom stereocenters. The van der Waals surface area contributed by atoms with Gasteiger partial charge in [0.25, 0.3) is 0 Å². The lowest BCUT2D eigenvalue weighted by Gasteiger charge is -2.26. The minimum Gasteiger partial charge on any atom is -0.467 e. The molecule has 2 rings (SSSR count).